The second kappa shape index (κ2) is 5.61. The van der Waals surface area contributed by atoms with Gasteiger partial charge in [-0.2, -0.15) is 0 Å². The van der Waals surface area contributed by atoms with E-state index in [1.54, 1.807) is 4.90 Å². The number of carbonyl (C=O) groups is 1. The topological polar surface area (TPSA) is 79.5 Å². The quantitative estimate of drug-likeness (QED) is 0.903. The van der Waals surface area contributed by atoms with Crippen LogP contribution >= 0.6 is 11.3 Å². The van der Waals surface area contributed by atoms with Crippen molar-refractivity contribution in [1.29, 1.82) is 0 Å². The number of nitrogens with two attached hydrogens (primary N) is 1. The van der Waals surface area contributed by atoms with Gasteiger partial charge in [0, 0.05) is 24.2 Å². The lowest BCUT2D eigenvalue weighted by Crippen LogP contribution is -2.33. The number of rotatable bonds is 4. The number of nitrogens with zero attached hydrogens (tertiary/aromatic N) is 2. The lowest BCUT2D eigenvalue weighted by atomic mass is 10.1. The summed E-state index contributed by atoms with van der Waals surface area (Å²) in [7, 11) is 0. The molecular formula is C15H19N3O2S. The van der Waals surface area contributed by atoms with Crippen LogP contribution in [0.1, 0.15) is 34.3 Å². The molecule has 0 fully saturated rings. The van der Waals surface area contributed by atoms with Gasteiger partial charge in [0.05, 0.1) is 12.3 Å². The molecule has 2 heterocycles. The maximum absolute atomic E-state index is 12.5. The Morgan fingerprint density at radius 3 is 3.05 bits per heavy atom. The van der Waals surface area contributed by atoms with E-state index < -0.39 is 0 Å². The smallest absolute Gasteiger partial charge is 0.266 e. The number of pyridine rings is 1. The van der Waals surface area contributed by atoms with Gasteiger partial charge in [-0.3, -0.25) is 4.79 Å². The highest BCUT2D eigenvalue weighted by atomic mass is 32.1. The van der Waals surface area contributed by atoms with Crippen molar-refractivity contribution >= 4 is 33.1 Å². The van der Waals surface area contributed by atoms with Gasteiger partial charge in [0.25, 0.3) is 5.91 Å². The van der Waals surface area contributed by atoms with Gasteiger partial charge in [-0.25, -0.2) is 4.98 Å². The van der Waals surface area contributed by atoms with Crippen LogP contribution in [-0.2, 0) is 12.8 Å². The Morgan fingerprint density at radius 1 is 1.52 bits per heavy atom. The summed E-state index contributed by atoms with van der Waals surface area (Å²) in [6, 6.07) is 2.09. The van der Waals surface area contributed by atoms with Crippen LogP contribution in [0.4, 0.5) is 5.69 Å². The van der Waals surface area contributed by atoms with Gasteiger partial charge >= 0.3 is 0 Å². The second-order valence-electron chi connectivity index (χ2n) is 5.25. The number of hydrogen-bond donors (Lipinski definition) is 2. The summed E-state index contributed by atoms with van der Waals surface area (Å²) < 4.78 is 0. The van der Waals surface area contributed by atoms with Crippen LogP contribution < -0.4 is 5.73 Å². The van der Waals surface area contributed by atoms with E-state index in [-0.39, 0.29) is 12.5 Å². The zero-order valence-electron chi connectivity index (χ0n) is 12.1. The standard InChI is InChI=1S/C15H19N3O2S/c1-2-18(6-7-19)15(20)13-12(16)10-8-9-4-3-5-11(9)17-14(10)21-13/h8,19H,2-7,16H2,1H3. The van der Waals surface area contributed by atoms with E-state index in [2.05, 4.69) is 11.1 Å². The Morgan fingerprint density at radius 2 is 2.33 bits per heavy atom. The van der Waals surface area contributed by atoms with E-state index in [4.69, 9.17) is 10.8 Å². The molecule has 112 valence electrons. The minimum absolute atomic E-state index is 0.0447. The van der Waals surface area contributed by atoms with Crippen molar-refractivity contribution in [2.24, 2.45) is 0 Å². The number of fused-ring (bicyclic) bond motifs is 2. The van der Waals surface area contributed by atoms with Crippen molar-refractivity contribution in [1.82, 2.24) is 9.88 Å². The van der Waals surface area contributed by atoms with Crippen molar-refractivity contribution in [3.8, 4) is 0 Å². The number of hydrogen-bond acceptors (Lipinski definition) is 5. The third-order valence-corrected chi connectivity index (χ3v) is 5.09. The molecule has 1 aliphatic rings. The summed E-state index contributed by atoms with van der Waals surface area (Å²) >= 11 is 1.36. The summed E-state index contributed by atoms with van der Waals surface area (Å²) in [5.41, 5.74) is 9.11. The normalized spacial score (nSPS) is 13.6. The zero-order chi connectivity index (χ0) is 15.0. The Labute approximate surface area is 127 Å². The molecule has 0 aromatic carbocycles. The molecule has 3 N–H and O–H groups in total. The molecule has 1 aliphatic carbocycles. The molecule has 21 heavy (non-hydrogen) atoms. The fourth-order valence-corrected chi connectivity index (χ4v) is 3.89. The average Bonchev–Trinajstić information content (AvgIpc) is 3.06. The van der Waals surface area contributed by atoms with Gasteiger partial charge in [0.2, 0.25) is 0 Å². The predicted octanol–water partition coefficient (Wildman–Crippen LogP) is 1.82. The molecule has 6 heteroatoms. The number of aliphatic hydroxyl groups is 1. The van der Waals surface area contributed by atoms with Crippen molar-refractivity contribution < 1.29 is 9.90 Å². The molecule has 0 spiro atoms. The summed E-state index contributed by atoms with van der Waals surface area (Å²) in [6.07, 6.45) is 3.20. The number of aliphatic hydroxyl groups excluding tert-OH is 1. The molecule has 0 atom stereocenters. The fraction of sp³-hybridized carbons (Fsp3) is 0.467. The maximum Gasteiger partial charge on any atom is 0.266 e. The minimum Gasteiger partial charge on any atom is -0.397 e. The fourth-order valence-electron chi connectivity index (χ4n) is 2.82. The third-order valence-electron chi connectivity index (χ3n) is 3.98. The molecule has 0 radical (unpaired) electrons. The van der Waals surface area contributed by atoms with E-state index >= 15 is 0 Å². The number of likely N-dealkylation sites (N-methyl/N-ethyl adjacent to an activating group) is 1. The monoisotopic (exact) mass is 305 g/mol. The van der Waals surface area contributed by atoms with E-state index in [0.29, 0.717) is 23.7 Å². The summed E-state index contributed by atoms with van der Waals surface area (Å²) in [4.78, 5) is 20.2. The van der Waals surface area contributed by atoms with E-state index in [9.17, 15) is 4.79 Å². The first-order chi connectivity index (χ1) is 10.2. The van der Waals surface area contributed by atoms with Gasteiger partial charge in [-0.15, -0.1) is 11.3 Å². The van der Waals surface area contributed by atoms with Crippen molar-refractivity contribution in [3.63, 3.8) is 0 Å². The number of aryl methyl sites for hydroxylation is 2. The van der Waals surface area contributed by atoms with Gasteiger partial charge in [-0.1, -0.05) is 0 Å². The molecular weight excluding hydrogens is 286 g/mol. The molecule has 5 nitrogen and oxygen atoms in total. The molecule has 0 saturated carbocycles. The summed E-state index contributed by atoms with van der Waals surface area (Å²) in [6.45, 7) is 2.73. The van der Waals surface area contributed by atoms with Crippen LogP contribution in [0.2, 0.25) is 0 Å². The predicted molar refractivity (Wildman–Crippen MR) is 84.7 cm³/mol. The lowest BCUT2D eigenvalue weighted by molar-refractivity contribution is 0.0738. The third kappa shape index (κ3) is 2.38. The van der Waals surface area contributed by atoms with Gasteiger partial charge in [-0.05, 0) is 37.8 Å². The first-order valence-corrected chi connectivity index (χ1v) is 8.08. The molecule has 2 aromatic rings. The van der Waals surface area contributed by atoms with Crippen molar-refractivity contribution in [3.05, 3.63) is 22.2 Å². The SMILES string of the molecule is CCN(CCO)C(=O)c1sc2nc3c(cc2c1N)CCC3. The molecule has 0 unspecified atom stereocenters. The Bertz CT molecular complexity index is 696. The van der Waals surface area contributed by atoms with Gasteiger partial charge < -0.3 is 15.7 Å². The largest absolute Gasteiger partial charge is 0.397 e. The highest BCUT2D eigenvalue weighted by Gasteiger charge is 2.23. The van der Waals surface area contributed by atoms with Gasteiger partial charge in [0.15, 0.2) is 0 Å². The van der Waals surface area contributed by atoms with Crippen LogP contribution in [-0.4, -0.2) is 40.6 Å². The number of thiophene rings is 1. The van der Waals surface area contributed by atoms with Crippen LogP contribution in [0, 0.1) is 0 Å². The Hall–Kier alpha value is -1.66. The summed E-state index contributed by atoms with van der Waals surface area (Å²) in [5, 5.41) is 9.94. The van der Waals surface area contributed by atoms with Gasteiger partial charge in [0.1, 0.15) is 9.71 Å². The molecule has 2 aromatic heterocycles. The number of nitrogen functional groups attached to an aromatic ring is 1. The molecule has 0 saturated heterocycles. The number of carbonyl (C=O) groups excluding carboxylic acids is 1. The maximum atomic E-state index is 12.5. The second-order valence-corrected chi connectivity index (χ2v) is 6.25. The molecule has 3 rings (SSSR count). The van der Waals surface area contributed by atoms with Crippen LogP contribution in [0.3, 0.4) is 0 Å². The first-order valence-electron chi connectivity index (χ1n) is 7.26. The Balaban J connectivity index is 2.04. The van der Waals surface area contributed by atoms with Crippen LogP contribution in [0.15, 0.2) is 6.07 Å². The molecule has 0 bridgehead atoms. The van der Waals surface area contributed by atoms with Crippen molar-refractivity contribution in [2.45, 2.75) is 26.2 Å². The van der Waals surface area contributed by atoms with Crippen LogP contribution in [0.25, 0.3) is 10.2 Å². The zero-order valence-corrected chi connectivity index (χ0v) is 12.9. The molecule has 0 aliphatic heterocycles. The number of aromatic nitrogens is 1. The highest BCUT2D eigenvalue weighted by molar-refractivity contribution is 7.21. The van der Waals surface area contributed by atoms with E-state index in [1.165, 1.54) is 16.9 Å². The van der Waals surface area contributed by atoms with Crippen molar-refractivity contribution in [2.75, 3.05) is 25.4 Å². The molecule has 1 amide bonds. The summed E-state index contributed by atoms with van der Waals surface area (Å²) in [5.74, 6) is -0.118. The minimum atomic E-state index is -0.118. The average molecular weight is 305 g/mol. The number of amides is 1. The first kappa shape index (κ1) is 14.3. The highest BCUT2D eigenvalue weighted by Crippen LogP contribution is 2.36. The van der Waals surface area contributed by atoms with E-state index in [1.807, 2.05) is 6.92 Å². The lowest BCUT2D eigenvalue weighted by Gasteiger charge is -2.18. The van der Waals surface area contributed by atoms with E-state index in [0.717, 1.165) is 35.2 Å². The van der Waals surface area contributed by atoms with Crippen LogP contribution in [0.5, 0.6) is 0 Å². The Kier molecular flexibility index (Phi) is 3.82. The number of anilines is 1.